The molecule has 0 heterocycles. The quantitative estimate of drug-likeness (QED) is 0.637. The van der Waals surface area contributed by atoms with Gasteiger partial charge in [0.25, 0.3) is 5.69 Å². The number of carbonyl (C=O) groups is 1. The van der Waals surface area contributed by atoms with Gasteiger partial charge in [-0.15, -0.1) is 0 Å². The molecule has 1 aromatic rings. The summed E-state index contributed by atoms with van der Waals surface area (Å²) in [6, 6.07) is 4.81. The average molecular weight is 278 g/mol. The Morgan fingerprint density at radius 3 is 2.60 bits per heavy atom. The Hall–Kier alpha value is -2.11. The monoisotopic (exact) mass is 278 g/mol. The van der Waals surface area contributed by atoms with E-state index in [9.17, 15) is 14.9 Å². The molecule has 0 aliphatic heterocycles. The molecule has 1 aromatic carbocycles. The largest absolute Gasteiger partial charge is 0.481 e. The molecule has 0 spiro atoms. The van der Waals surface area contributed by atoms with Crippen molar-refractivity contribution in [3.8, 4) is 0 Å². The molecule has 0 saturated heterocycles. The second-order valence-corrected chi connectivity index (χ2v) is 5.44. The van der Waals surface area contributed by atoms with Gasteiger partial charge in [-0.2, -0.15) is 0 Å². The van der Waals surface area contributed by atoms with E-state index in [1.807, 2.05) is 0 Å². The molecule has 0 radical (unpaired) electrons. The van der Waals surface area contributed by atoms with Gasteiger partial charge in [0.1, 0.15) is 0 Å². The van der Waals surface area contributed by atoms with Gasteiger partial charge in [0.15, 0.2) is 0 Å². The van der Waals surface area contributed by atoms with Crippen LogP contribution in [-0.2, 0) is 4.79 Å². The maximum absolute atomic E-state index is 11.0. The molecule has 1 aliphatic rings. The zero-order valence-corrected chi connectivity index (χ0v) is 11.4. The van der Waals surface area contributed by atoms with E-state index in [4.69, 9.17) is 5.11 Å². The zero-order chi connectivity index (χ0) is 14.8. The molecule has 0 amide bonds. The lowest BCUT2D eigenvalue weighted by Gasteiger charge is -2.30. The van der Waals surface area contributed by atoms with Crippen LogP contribution in [0.25, 0.3) is 0 Å². The van der Waals surface area contributed by atoms with Gasteiger partial charge in [-0.05, 0) is 31.9 Å². The highest BCUT2D eigenvalue weighted by molar-refractivity contribution is 5.70. The highest BCUT2D eigenvalue weighted by Crippen LogP contribution is 2.36. The van der Waals surface area contributed by atoms with Crippen molar-refractivity contribution < 1.29 is 14.8 Å². The lowest BCUT2D eigenvalue weighted by molar-refractivity contribution is -0.385. The van der Waals surface area contributed by atoms with E-state index in [1.54, 1.807) is 19.1 Å². The maximum atomic E-state index is 11.0. The molecule has 0 unspecified atom stereocenters. The minimum atomic E-state index is -0.821. The van der Waals surface area contributed by atoms with E-state index in [-0.39, 0.29) is 12.1 Å². The van der Waals surface area contributed by atoms with Crippen molar-refractivity contribution in [2.24, 2.45) is 0 Å². The molecule has 2 rings (SSSR count). The Labute approximate surface area is 117 Å². The molecule has 6 heteroatoms. The van der Waals surface area contributed by atoms with E-state index >= 15 is 0 Å². The first-order valence-electron chi connectivity index (χ1n) is 6.67. The van der Waals surface area contributed by atoms with Crippen LogP contribution in [-0.4, -0.2) is 21.5 Å². The van der Waals surface area contributed by atoms with Crippen molar-refractivity contribution in [1.29, 1.82) is 0 Å². The van der Waals surface area contributed by atoms with E-state index < -0.39 is 16.4 Å². The van der Waals surface area contributed by atoms with Gasteiger partial charge in [0.05, 0.1) is 11.3 Å². The molecule has 1 fully saturated rings. The van der Waals surface area contributed by atoms with Gasteiger partial charge < -0.3 is 10.4 Å². The second kappa shape index (κ2) is 5.48. The number of carboxylic acids is 1. The smallest absolute Gasteiger partial charge is 0.305 e. The minimum Gasteiger partial charge on any atom is -0.481 e. The number of rotatable bonds is 5. The molecule has 0 aromatic heterocycles. The van der Waals surface area contributed by atoms with Gasteiger partial charge in [-0.1, -0.05) is 12.8 Å². The van der Waals surface area contributed by atoms with E-state index in [1.165, 1.54) is 6.07 Å². The number of nitrogens with one attached hydrogen (secondary N) is 1. The van der Waals surface area contributed by atoms with Gasteiger partial charge in [-0.3, -0.25) is 14.9 Å². The summed E-state index contributed by atoms with van der Waals surface area (Å²) in [5.74, 6) is -0.821. The first-order valence-corrected chi connectivity index (χ1v) is 6.67. The molecular formula is C14H18N2O4. The molecular weight excluding hydrogens is 260 g/mol. The van der Waals surface area contributed by atoms with Crippen LogP contribution in [0.1, 0.15) is 37.7 Å². The third-order valence-electron chi connectivity index (χ3n) is 3.85. The summed E-state index contributed by atoms with van der Waals surface area (Å²) in [7, 11) is 0. The van der Waals surface area contributed by atoms with E-state index in [0.29, 0.717) is 5.56 Å². The van der Waals surface area contributed by atoms with Gasteiger partial charge in [0.2, 0.25) is 0 Å². The SMILES string of the molecule is Cc1cc(NC2(CC(=O)O)CCCC2)ccc1[N+](=O)[O-]. The Balaban J connectivity index is 2.21. The van der Waals surface area contributed by atoms with Crippen LogP contribution in [0.4, 0.5) is 11.4 Å². The summed E-state index contributed by atoms with van der Waals surface area (Å²) in [6.45, 7) is 1.68. The molecule has 6 nitrogen and oxygen atoms in total. The summed E-state index contributed by atoms with van der Waals surface area (Å²) in [5, 5.41) is 23.1. The van der Waals surface area contributed by atoms with Crippen molar-refractivity contribution in [2.75, 3.05) is 5.32 Å². The molecule has 1 aliphatic carbocycles. The van der Waals surface area contributed by atoms with Crippen LogP contribution in [0.15, 0.2) is 18.2 Å². The molecule has 20 heavy (non-hydrogen) atoms. The predicted octanol–water partition coefficient (Wildman–Crippen LogP) is 3.10. The lowest BCUT2D eigenvalue weighted by atomic mass is 9.92. The number of nitro groups is 1. The van der Waals surface area contributed by atoms with Crippen LogP contribution in [0.5, 0.6) is 0 Å². The molecule has 1 saturated carbocycles. The Morgan fingerprint density at radius 2 is 2.10 bits per heavy atom. The summed E-state index contributed by atoms with van der Waals surface area (Å²) in [6.07, 6.45) is 3.71. The number of aliphatic carboxylic acids is 1. The predicted molar refractivity (Wildman–Crippen MR) is 74.9 cm³/mol. The average Bonchev–Trinajstić information content (AvgIpc) is 2.75. The standard InChI is InChI=1S/C14H18N2O4/c1-10-8-11(4-5-12(10)16(19)20)15-14(9-13(17)18)6-2-3-7-14/h4-5,8,15H,2-3,6-7,9H2,1H3,(H,17,18). The van der Waals surface area contributed by atoms with Crippen molar-refractivity contribution in [3.63, 3.8) is 0 Å². The number of hydrogen-bond donors (Lipinski definition) is 2. The fourth-order valence-corrected chi connectivity index (χ4v) is 2.93. The van der Waals surface area contributed by atoms with Crippen molar-refractivity contribution in [1.82, 2.24) is 0 Å². The third-order valence-corrected chi connectivity index (χ3v) is 3.85. The Kier molecular flexibility index (Phi) is 3.92. The third kappa shape index (κ3) is 3.07. The highest BCUT2D eigenvalue weighted by Gasteiger charge is 2.36. The van der Waals surface area contributed by atoms with Crippen molar-refractivity contribution in [3.05, 3.63) is 33.9 Å². The number of hydrogen-bond acceptors (Lipinski definition) is 4. The first kappa shape index (κ1) is 14.3. The van der Waals surface area contributed by atoms with Crippen LogP contribution >= 0.6 is 0 Å². The van der Waals surface area contributed by atoms with Gasteiger partial charge in [0, 0.05) is 22.9 Å². The van der Waals surface area contributed by atoms with Crippen LogP contribution < -0.4 is 5.32 Å². The normalized spacial score (nSPS) is 16.9. The lowest BCUT2D eigenvalue weighted by Crippen LogP contribution is -2.37. The maximum Gasteiger partial charge on any atom is 0.305 e. The summed E-state index contributed by atoms with van der Waals surface area (Å²) >= 11 is 0. The van der Waals surface area contributed by atoms with Crippen molar-refractivity contribution >= 4 is 17.3 Å². The molecule has 2 N–H and O–H groups in total. The van der Waals surface area contributed by atoms with E-state index in [2.05, 4.69) is 5.32 Å². The Morgan fingerprint density at radius 1 is 1.45 bits per heavy atom. The Bertz CT molecular complexity index is 536. The van der Waals surface area contributed by atoms with Gasteiger partial charge in [-0.25, -0.2) is 0 Å². The number of benzene rings is 1. The fraction of sp³-hybridized carbons (Fsp3) is 0.500. The van der Waals surface area contributed by atoms with Gasteiger partial charge >= 0.3 is 5.97 Å². The second-order valence-electron chi connectivity index (χ2n) is 5.44. The zero-order valence-electron chi connectivity index (χ0n) is 11.4. The number of nitro benzene ring substituents is 1. The highest BCUT2D eigenvalue weighted by atomic mass is 16.6. The minimum absolute atomic E-state index is 0.0725. The van der Waals surface area contributed by atoms with Crippen LogP contribution in [0, 0.1) is 17.0 Å². The first-order chi connectivity index (χ1) is 9.42. The summed E-state index contributed by atoms with van der Waals surface area (Å²) in [5.41, 5.74) is 0.975. The number of carboxylic acid groups (broad SMARTS) is 1. The number of anilines is 1. The van der Waals surface area contributed by atoms with Crippen molar-refractivity contribution in [2.45, 2.75) is 44.6 Å². The number of aryl methyl sites for hydroxylation is 1. The van der Waals surface area contributed by atoms with Crippen LogP contribution in [0.2, 0.25) is 0 Å². The number of nitrogens with zero attached hydrogens (tertiary/aromatic N) is 1. The fourth-order valence-electron chi connectivity index (χ4n) is 2.93. The van der Waals surface area contributed by atoms with Crippen LogP contribution in [0.3, 0.4) is 0 Å². The topological polar surface area (TPSA) is 92.5 Å². The molecule has 108 valence electrons. The molecule has 0 atom stereocenters. The molecule has 0 bridgehead atoms. The summed E-state index contributed by atoms with van der Waals surface area (Å²) < 4.78 is 0. The summed E-state index contributed by atoms with van der Waals surface area (Å²) in [4.78, 5) is 21.4. The van der Waals surface area contributed by atoms with E-state index in [0.717, 1.165) is 31.4 Å².